The number of hydrogen-bond donors (Lipinski definition) is 1. The maximum Gasteiger partial charge on any atom is 0.220 e. The largest absolute Gasteiger partial charge is 0.497 e. The molecule has 3 rings (SSSR count). The molecule has 0 saturated carbocycles. The molecule has 2 aromatic rings. The van der Waals surface area contributed by atoms with Gasteiger partial charge in [-0.25, -0.2) is 0 Å². The Kier molecular flexibility index (Phi) is 5.39. The summed E-state index contributed by atoms with van der Waals surface area (Å²) < 4.78 is 10.9. The number of carbonyl (C=O) groups is 1. The summed E-state index contributed by atoms with van der Waals surface area (Å²) in [5, 5.41) is 3.06. The second kappa shape index (κ2) is 7.70. The van der Waals surface area contributed by atoms with E-state index < -0.39 is 0 Å². The molecule has 0 fully saturated rings. The first kappa shape index (κ1) is 17.5. The summed E-state index contributed by atoms with van der Waals surface area (Å²) in [6.07, 6.45) is 2.88. The fourth-order valence-electron chi connectivity index (χ4n) is 3.40. The van der Waals surface area contributed by atoms with Crippen LogP contribution in [0.25, 0.3) is 0 Å². The molecule has 1 N–H and O–H groups in total. The van der Waals surface area contributed by atoms with E-state index in [4.69, 9.17) is 9.47 Å². The van der Waals surface area contributed by atoms with Crippen LogP contribution in [0.2, 0.25) is 0 Å². The van der Waals surface area contributed by atoms with Gasteiger partial charge in [-0.3, -0.25) is 4.79 Å². The second-order valence-corrected chi connectivity index (χ2v) is 6.63. The van der Waals surface area contributed by atoms with Gasteiger partial charge in [-0.2, -0.15) is 0 Å². The molecule has 4 nitrogen and oxygen atoms in total. The fraction of sp³-hybridized carbons (Fsp3) is 0.381. The van der Waals surface area contributed by atoms with Crippen molar-refractivity contribution >= 4 is 5.91 Å². The summed E-state index contributed by atoms with van der Waals surface area (Å²) in [7, 11) is 3.38. The molecule has 4 heteroatoms. The molecule has 0 saturated heterocycles. The van der Waals surface area contributed by atoms with E-state index in [9.17, 15) is 4.79 Å². The molecule has 1 aliphatic rings. The molecule has 0 aromatic heterocycles. The Hall–Kier alpha value is -2.33. The summed E-state index contributed by atoms with van der Waals surface area (Å²) >= 11 is 0. The maximum atomic E-state index is 12.2. The molecular formula is C21H25NO3. The third-order valence-corrected chi connectivity index (χ3v) is 4.98. The van der Waals surface area contributed by atoms with Crippen LogP contribution in [0.15, 0.2) is 48.5 Å². The van der Waals surface area contributed by atoms with Crippen molar-refractivity contribution in [3.8, 4) is 5.75 Å². The van der Waals surface area contributed by atoms with E-state index in [1.165, 1.54) is 11.1 Å². The van der Waals surface area contributed by atoms with Gasteiger partial charge in [0.15, 0.2) is 0 Å². The number of nitrogens with one attached hydrogen (secondary N) is 1. The molecule has 0 aliphatic heterocycles. The van der Waals surface area contributed by atoms with Gasteiger partial charge in [0, 0.05) is 32.9 Å². The Morgan fingerprint density at radius 3 is 2.24 bits per heavy atom. The lowest BCUT2D eigenvalue weighted by molar-refractivity contribution is -0.122. The van der Waals surface area contributed by atoms with Gasteiger partial charge in [0.1, 0.15) is 5.75 Å². The van der Waals surface area contributed by atoms with Crippen molar-refractivity contribution in [1.82, 2.24) is 5.32 Å². The molecule has 0 spiro atoms. The minimum atomic E-state index is -0.320. The number of rotatable bonds is 7. The maximum absolute atomic E-state index is 12.2. The number of benzene rings is 2. The molecule has 0 bridgehead atoms. The molecule has 2 aromatic carbocycles. The minimum Gasteiger partial charge on any atom is -0.497 e. The number of fused-ring (bicyclic) bond motifs is 1. The third-order valence-electron chi connectivity index (χ3n) is 4.98. The molecular weight excluding hydrogens is 314 g/mol. The van der Waals surface area contributed by atoms with Crippen LogP contribution in [0.1, 0.15) is 23.1 Å². The van der Waals surface area contributed by atoms with E-state index in [2.05, 4.69) is 29.6 Å². The summed E-state index contributed by atoms with van der Waals surface area (Å²) in [4.78, 5) is 12.2. The predicted molar refractivity (Wildman–Crippen MR) is 97.9 cm³/mol. The SMILES string of the molecule is COc1ccc(CCC(=O)NCC2(OC)Cc3ccccc3C2)cc1. The molecule has 132 valence electrons. The van der Waals surface area contributed by atoms with Gasteiger partial charge in [0.05, 0.1) is 12.7 Å². The van der Waals surface area contributed by atoms with E-state index in [0.29, 0.717) is 13.0 Å². The van der Waals surface area contributed by atoms with Crippen LogP contribution >= 0.6 is 0 Å². The van der Waals surface area contributed by atoms with E-state index in [1.807, 2.05) is 24.3 Å². The first-order valence-corrected chi connectivity index (χ1v) is 8.66. The van der Waals surface area contributed by atoms with Crippen LogP contribution in [0.5, 0.6) is 5.75 Å². The van der Waals surface area contributed by atoms with Crippen LogP contribution in [-0.2, 0) is 28.8 Å². The molecule has 0 radical (unpaired) electrons. The zero-order valence-electron chi connectivity index (χ0n) is 14.9. The average Bonchev–Trinajstić information content (AvgIpc) is 3.04. The van der Waals surface area contributed by atoms with Gasteiger partial charge in [0.2, 0.25) is 5.91 Å². The van der Waals surface area contributed by atoms with Gasteiger partial charge < -0.3 is 14.8 Å². The highest BCUT2D eigenvalue weighted by Crippen LogP contribution is 2.32. The molecule has 1 amide bonds. The predicted octanol–water partition coefficient (Wildman–Crippen LogP) is 2.93. The number of amides is 1. The van der Waals surface area contributed by atoms with Crippen LogP contribution in [0.4, 0.5) is 0 Å². The van der Waals surface area contributed by atoms with Crippen molar-refractivity contribution in [1.29, 1.82) is 0 Å². The highest BCUT2D eigenvalue weighted by atomic mass is 16.5. The fourth-order valence-corrected chi connectivity index (χ4v) is 3.40. The Bertz CT molecular complexity index is 699. The first-order chi connectivity index (χ1) is 12.1. The van der Waals surface area contributed by atoms with E-state index in [0.717, 1.165) is 30.6 Å². The van der Waals surface area contributed by atoms with Crippen molar-refractivity contribution in [3.63, 3.8) is 0 Å². The highest BCUT2D eigenvalue weighted by Gasteiger charge is 2.37. The first-order valence-electron chi connectivity index (χ1n) is 8.66. The molecule has 25 heavy (non-hydrogen) atoms. The molecule has 0 atom stereocenters. The second-order valence-electron chi connectivity index (χ2n) is 6.63. The van der Waals surface area contributed by atoms with Crippen molar-refractivity contribution in [2.75, 3.05) is 20.8 Å². The Balaban J connectivity index is 1.49. The van der Waals surface area contributed by atoms with Crippen LogP contribution in [0.3, 0.4) is 0 Å². The Morgan fingerprint density at radius 2 is 1.68 bits per heavy atom. The summed E-state index contributed by atoms with van der Waals surface area (Å²) in [5.41, 5.74) is 3.44. The lowest BCUT2D eigenvalue weighted by Crippen LogP contribution is -2.45. The highest BCUT2D eigenvalue weighted by molar-refractivity contribution is 5.76. The van der Waals surface area contributed by atoms with E-state index in [-0.39, 0.29) is 11.5 Å². The summed E-state index contributed by atoms with van der Waals surface area (Å²) in [6, 6.07) is 16.2. The van der Waals surface area contributed by atoms with E-state index >= 15 is 0 Å². The zero-order chi connectivity index (χ0) is 17.7. The summed E-state index contributed by atoms with van der Waals surface area (Å²) in [6.45, 7) is 0.541. The zero-order valence-corrected chi connectivity index (χ0v) is 14.9. The van der Waals surface area contributed by atoms with Crippen LogP contribution in [-0.4, -0.2) is 32.3 Å². The lowest BCUT2D eigenvalue weighted by Gasteiger charge is -2.27. The third kappa shape index (κ3) is 4.20. The van der Waals surface area contributed by atoms with Crippen molar-refractivity contribution < 1.29 is 14.3 Å². The summed E-state index contributed by atoms with van der Waals surface area (Å²) in [5.74, 6) is 0.888. The molecule has 0 heterocycles. The van der Waals surface area contributed by atoms with Gasteiger partial charge in [0.25, 0.3) is 0 Å². The number of hydrogen-bond acceptors (Lipinski definition) is 3. The topological polar surface area (TPSA) is 47.6 Å². The minimum absolute atomic E-state index is 0.0585. The number of methoxy groups -OCH3 is 2. The van der Waals surface area contributed by atoms with Crippen LogP contribution < -0.4 is 10.1 Å². The number of carbonyl (C=O) groups excluding carboxylic acids is 1. The quantitative estimate of drug-likeness (QED) is 0.844. The van der Waals surface area contributed by atoms with E-state index in [1.54, 1.807) is 14.2 Å². The van der Waals surface area contributed by atoms with Crippen molar-refractivity contribution in [2.24, 2.45) is 0 Å². The van der Waals surface area contributed by atoms with Gasteiger partial charge >= 0.3 is 0 Å². The van der Waals surface area contributed by atoms with Gasteiger partial charge in [-0.1, -0.05) is 36.4 Å². The Labute approximate surface area is 149 Å². The van der Waals surface area contributed by atoms with Gasteiger partial charge in [-0.05, 0) is 35.2 Å². The van der Waals surface area contributed by atoms with Crippen molar-refractivity contribution in [3.05, 3.63) is 65.2 Å². The monoisotopic (exact) mass is 339 g/mol. The van der Waals surface area contributed by atoms with Crippen LogP contribution in [0, 0.1) is 0 Å². The smallest absolute Gasteiger partial charge is 0.220 e. The average molecular weight is 339 g/mol. The normalized spacial score (nSPS) is 14.8. The molecule has 0 unspecified atom stereocenters. The van der Waals surface area contributed by atoms with Gasteiger partial charge in [-0.15, -0.1) is 0 Å². The Morgan fingerprint density at radius 1 is 1.04 bits per heavy atom. The number of ether oxygens (including phenoxy) is 2. The number of aryl methyl sites for hydroxylation is 1. The lowest BCUT2D eigenvalue weighted by atomic mass is 10.00. The van der Waals surface area contributed by atoms with Crippen molar-refractivity contribution in [2.45, 2.75) is 31.3 Å². The molecule has 1 aliphatic carbocycles. The standard InChI is InChI=1S/C21H25NO3/c1-24-19-10-7-16(8-11-19)9-12-20(23)22-15-21(25-2)13-17-5-3-4-6-18(17)14-21/h3-8,10-11H,9,12-15H2,1-2H3,(H,22,23).